The molecule has 0 unspecified atom stereocenters. The minimum Gasteiger partial charge on any atom is -0.462 e. The van der Waals surface area contributed by atoms with Gasteiger partial charge < -0.3 is 44.9 Å². The van der Waals surface area contributed by atoms with Crippen molar-refractivity contribution in [1.29, 1.82) is 0 Å². The number of Topliss-reactive ketones (excluding diaryl/α,β-unsaturated/α-hetero) is 3. The van der Waals surface area contributed by atoms with Crippen LogP contribution in [0.15, 0.2) is 183 Å². The molecule has 28 nitrogen and oxygen atoms in total. The molecule has 0 aliphatic heterocycles. The van der Waals surface area contributed by atoms with Gasteiger partial charge in [0.25, 0.3) is 6.47 Å². The van der Waals surface area contributed by atoms with Gasteiger partial charge in [-0.2, -0.15) is 29.3 Å². The lowest BCUT2D eigenvalue weighted by atomic mass is 9.80. The third-order valence-electron chi connectivity index (χ3n) is 14.3. The number of fused-ring (bicyclic) bond motifs is 3. The van der Waals surface area contributed by atoms with Crippen LogP contribution >= 0.6 is 11.6 Å². The summed E-state index contributed by atoms with van der Waals surface area (Å²) in [6.07, 6.45) is 8.19. The van der Waals surface area contributed by atoms with E-state index in [1.54, 1.807) is 110 Å². The maximum Gasteiger partial charge on any atom is 0.488 e. The van der Waals surface area contributed by atoms with Crippen LogP contribution in [-0.2, 0) is 23.7 Å². The number of hydrogen-bond acceptors (Lipinski definition) is 25. The maximum absolute atomic E-state index is 12.4. The van der Waals surface area contributed by atoms with Crippen LogP contribution in [0, 0.1) is 0 Å². The summed E-state index contributed by atoms with van der Waals surface area (Å²) in [5.41, 5.74) is 6.10. The Morgan fingerprint density at radius 1 is 0.421 bits per heavy atom. The first-order valence-corrected chi connectivity index (χ1v) is 33.7. The van der Waals surface area contributed by atoms with Gasteiger partial charge in [0.2, 0.25) is 5.28 Å². The number of ketones is 3. The van der Waals surface area contributed by atoms with E-state index in [1.165, 1.54) is 46.9 Å². The molecule has 0 amide bonds. The molecule has 0 atom stereocenters. The van der Waals surface area contributed by atoms with E-state index in [0.29, 0.717) is 74.3 Å². The number of rotatable bonds is 13. The molecule has 12 aromatic rings. The summed E-state index contributed by atoms with van der Waals surface area (Å²) < 4.78 is 24.4. The second kappa shape index (κ2) is 34.9. The Bertz CT molecular complexity index is 4950. The quantitative estimate of drug-likeness (QED) is 0.0235. The van der Waals surface area contributed by atoms with Gasteiger partial charge in [-0.1, -0.05) is 72.8 Å². The molecule has 0 bridgehead atoms. The molecule has 107 heavy (non-hydrogen) atoms. The average molecular weight is 1470 g/mol. The summed E-state index contributed by atoms with van der Waals surface area (Å²) >= 11 is 5.77. The number of hydrogen-bond donors (Lipinski definition) is 5. The van der Waals surface area contributed by atoms with Crippen molar-refractivity contribution in [3.63, 3.8) is 0 Å². The molecule has 0 radical (unpaired) electrons. The molecule has 6 aromatic heterocycles. The molecule has 6 aromatic carbocycles. The summed E-state index contributed by atoms with van der Waals surface area (Å²) in [5, 5.41) is 42.1. The highest BCUT2D eigenvalue weighted by atomic mass is 35.5. The molecule has 0 fully saturated rings. The topological polar surface area (TPSA) is 364 Å². The molecule has 30 heteroatoms. The lowest BCUT2D eigenvalue weighted by Crippen LogP contribution is -2.29. The number of aromatic nitrogens is 12. The number of benzene rings is 6. The number of carbonyl (C=O) groups excluding carboxylic acids is 7. The van der Waals surface area contributed by atoms with Crippen LogP contribution in [0.3, 0.4) is 0 Å². The average Bonchev–Trinajstić information content (AvgIpc) is 1.69. The van der Waals surface area contributed by atoms with Gasteiger partial charge >= 0.3 is 25.4 Å². The smallest absolute Gasteiger partial charge is 0.462 e. The minimum absolute atomic E-state index is 0.0123. The second-order valence-corrected chi connectivity index (χ2v) is 28.0. The summed E-state index contributed by atoms with van der Waals surface area (Å²) in [6, 6.07) is 42.3. The third kappa shape index (κ3) is 24.0. The number of nitrogens with one attached hydrogen (secondary N) is 3. The molecule has 0 aliphatic rings. The molecule has 0 aliphatic carbocycles. The summed E-state index contributed by atoms with van der Waals surface area (Å²) in [5.74, 6) is 2.89. The molecule has 0 saturated heterocycles. The van der Waals surface area contributed by atoms with Gasteiger partial charge in [0.15, 0.2) is 29.0 Å². The van der Waals surface area contributed by atoms with Gasteiger partial charge in [0, 0.05) is 79.6 Å². The van der Waals surface area contributed by atoms with Gasteiger partial charge in [-0.05, 0) is 194 Å². The lowest BCUT2D eigenvalue weighted by Gasteiger charge is -2.19. The maximum atomic E-state index is 12.4. The van der Waals surface area contributed by atoms with E-state index in [1.807, 2.05) is 144 Å². The standard InChI is InChI=1S/2C24H23N5O3.C16H16ClN5O2.C8H9BO3.C5H10O2/c2*1-15(30)16-5-7-17(8-6-16)22-25-12-11-21(28-22)27-19-9-10-20-18(13-19)14-26-29(20)23(31)32-24(2,3)4;1-16(2,3)24-15(23)22-12-5-4-11(8-10(12)9-19-22)20-13-6-7-18-14(17)21-13;1-6(10)7-2-4-8(5-3-7)9(11)12;1-5(2,3)7-4-6/h2*5-14H,1-4H3,(H,25,27,28);4-9H,1-3H3,(H,18,20,21);2-5,11-12H,1H3;4H,1-3H3. The van der Waals surface area contributed by atoms with E-state index >= 15 is 0 Å². The molecule has 12 rings (SSSR count). The first kappa shape index (κ1) is 80.2. The fourth-order valence-electron chi connectivity index (χ4n) is 9.41. The van der Waals surface area contributed by atoms with Crippen LogP contribution in [0.5, 0.6) is 0 Å². The number of carbonyl (C=O) groups is 7. The van der Waals surface area contributed by atoms with Gasteiger partial charge in [0.05, 0.1) is 35.1 Å². The highest BCUT2D eigenvalue weighted by Crippen LogP contribution is 2.28. The number of ether oxygens (including phenoxy) is 4. The van der Waals surface area contributed by atoms with Crippen molar-refractivity contribution < 1.29 is 62.6 Å². The SMILES string of the molecule is CC(=O)c1ccc(-c2nccc(Nc3ccc4c(cnn4C(=O)OC(C)(C)C)c3)n2)cc1.CC(=O)c1ccc(-c2nccc(Nc3ccc4c(cnn4C(=O)OC(C)(C)C)c3)n2)cc1.CC(=O)c1ccc(B(O)O)cc1.CC(C)(C)OC(=O)n1ncc2cc(Nc3ccnc(Cl)n3)ccc21.CC(C)(C)OC=O. The van der Waals surface area contributed by atoms with E-state index in [2.05, 4.69) is 65.9 Å². The van der Waals surface area contributed by atoms with Gasteiger partial charge in [-0.25, -0.2) is 44.3 Å². The summed E-state index contributed by atoms with van der Waals surface area (Å²) in [7, 11) is -1.47. The Morgan fingerprint density at radius 2 is 0.729 bits per heavy atom. The van der Waals surface area contributed by atoms with Crippen molar-refractivity contribution in [1.82, 2.24) is 59.2 Å². The molecule has 0 spiro atoms. The first-order valence-electron chi connectivity index (χ1n) is 33.3. The molecule has 0 saturated carbocycles. The predicted octanol–water partition coefficient (Wildman–Crippen LogP) is 15.0. The number of nitrogens with zero attached hydrogens (tertiary/aromatic N) is 12. The highest BCUT2D eigenvalue weighted by Gasteiger charge is 2.24. The fraction of sp³-hybridized carbons (Fsp3) is 0.247. The van der Waals surface area contributed by atoms with E-state index in [0.717, 1.165) is 44.3 Å². The van der Waals surface area contributed by atoms with Crippen LogP contribution < -0.4 is 21.4 Å². The van der Waals surface area contributed by atoms with Crippen LogP contribution in [0.25, 0.3) is 55.5 Å². The van der Waals surface area contributed by atoms with E-state index in [9.17, 15) is 33.6 Å². The Labute approximate surface area is 622 Å². The summed E-state index contributed by atoms with van der Waals surface area (Å²) in [4.78, 5) is 106. The van der Waals surface area contributed by atoms with Crippen molar-refractivity contribution in [2.45, 2.75) is 126 Å². The molecular formula is C77H81BClN15O13. The van der Waals surface area contributed by atoms with E-state index in [-0.39, 0.29) is 28.2 Å². The molecule has 552 valence electrons. The van der Waals surface area contributed by atoms with Crippen molar-refractivity contribution in [2.24, 2.45) is 0 Å². The number of halogens is 1. The zero-order valence-corrected chi connectivity index (χ0v) is 62.4. The molecular weight excluding hydrogens is 1390 g/mol. The Balaban J connectivity index is 0.000000182. The van der Waals surface area contributed by atoms with Crippen LogP contribution in [0.1, 0.15) is 135 Å². The van der Waals surface area contributed by atoms with Crippen molar-refractivity contribution in [3.05, 3.63) is 205 Å². The second-order valence-electron chi connectivity index (χ2n) is 27.7. The first-order chi connectivity index (χ1) is 50.4. The minimum atomic E-state index is -1.47. The van der Waals surface area contributed by atoms with Crippen LogP contribution in [0.4, 0.5) is 48.9 Å². The zero-order valence-electron chi connectivity index (χ0n) is 61.6. The Kier molecular flexibility index (Phi) is 26.2. The van der Waals surface area contributed by atoms with Crippen molar-refractivity contribution in [3.8, 4) is 22.8 Å². The lowest BCUT2D eigenvalue weighted by molar-refractivity contribution is -0.138. The zero-order chi connectivity index (χ0) is 78.1. The number of anilines is 6. The molecule has 6 heterocycles. The Morgan fingerprint density at radius 3 is 1.00 bits per heavy atom. The highest BCUT2D eigenvalue weighted by molar-refractivity contribution is 6.58. The van der Waals surface area contributed by atoms with Crippen molar-refractivity contribution >= 4 is 134 Å². The van der Waals surface area contributed by atoms with Gasteiger partial charge in [-0.3, -0.25) is 19.2 Å². The van der Waals surface area contributed by atoms with Crippen molar-refractivity contribution in [2.75, 3.05) is 16.0 Å². The van der Waals surface area contributed by atoms with Gasteiger partial charge in [0.1, 0.15) is 39.9 Å². The Hall–Kier alpha value is -12.5. The van der Waals surface area contributed by atoms with E-state index < -0.39 is 42.2 Å². The predicted molar refractivity (Wildman–Crippen MR) is 409 cm³/mol. The van der Waals surface area contributed by atoms with E-state index in [4.69, 9.17) is 35.9 Å². The summed E-state index contributed by atoms with van der Waals surface area (Å²) in [6.45, 7) is 26.8. The van der Waals surface area contributed by atoms with Gasteiger partial charge in [-0.15, -0.1) is 0 Å². The third-order valence-corrected chi connectivity index (χ3v) is 14.5. The fourth-order valence-corrected chi connectivity index (χ4v) is 9.56. The molecule has 5 N–H and O–H groups in total. The van der Waals surface area contributed by atoms with Crippen LogP contribution in [-0.4, -0.2) is 141 Å². The largest absolute Gasteiger partial charge is 0.488 e. The monoisotopic (exact) mass is 1470 g/mol. The normalized spacial score (nSPS) is 11.2. The van der Waals surface area contributed by atoms with Crippen LogP contribution in [0.2, 0.25) is 5.28 Å².